The number of nitrogens with two attached hydrogens (primary N) is 1. The van der Waals surface area contributed by atoms with E-state index >= 15 is 0 Å². The van der Waals surface area contributed by atoms with E-state index < -0.39 is 0 Å². The summed E-state index contributed by atoms with van der Waals surface area (Å²) < 4.78 is 5.15. The van der Waals surface area contributed by atoms with E-state index in [1.807, 2.05) is 24.3 Å². The molecule has 0 spiro atoms. The lowest BCUT2D eigenvalue weighted by Gasteiger charge is -2.24. The Hall–Kier alpha value is -1.32. The topological polar surface area (TPSA) is 35.2 Å². The summed E-state index contributed by atoms with van der Waals surface area (Å²) in [6, 6.07) is 12.2. The molecule has 0 bridgehead atoms. The highest BCUT2D eigenvalue weighted by Gasteiger charge is 2.22. The van der Waals surface area contributed by atoms with Gasteiger partial charge in [-0.25, -0.2) is 0 Å². The first-order valence-electron chi connectivity index (χ1n) is 5.57. The number of methoxy groups -OCH3 is 1. The fraction of sp³-hybridized carbons (Fsp3) is 0.286. The van der Waals surface area contributed by atoms with Crippen LogP contribution in [-0.4, -0.2) is 7.11 Å². The molecule has 2 nitrogen and oxygen atoms in total. The van der Waals surface area contributed by atoms with Gasteiger partial charge in [-0.15, -0.1) is 11.3 Å². The van der Waals surface area contributed by atoms with Crippen LogP contribution in [0, 0.1) is 0 Å². The number of hydrogen-bond acceptors (Lipinski definition) is 3. The lowest BCUT2D eigenvalue weighted by molar-refractivity contribution is 0.413. The summed E-state index contributed by atoms with van der Waals surface area (Å²) in [7, 11) is 1.67. The van der Waals surface area contributed by atoms with E-state index in [0.29, 0.717) is 0 Å². The lowest BCUT2D eigenvalue weighted by atomic mass is 9.89. The minimum Gasteiger partial charge on any atom is -0.497 e. The van der Waals surface area contributed by atoms with Gasteiger partial charge in [0.2, 0.25) is 0 Å². The molecular weight excluding hydrogens is 230 g/mol. The Labute approximate surface area is 106 Å². The number of ether oxygens (including phenoxy) is 1. The zero-order chi connectivity index (χ0) is 12.3. The molecule has 17 heavy (non-hydrogen) atoms. The predicted octanol–water partition coefficient (Wildman–Crippen LogP) is 3.17. The highest BCUT2D eigenvalue weighted by Crippen LogP contribution is 2.26. The van der Waals surface area contributed by atoms with Gasteiger partial charge in [0.05, 0.1) is 7.11 Å². The summed E-state index contributed by atoms with van der Waals surface area (Å²) in [5.41, 5.74) is 7.18. The molecule has 0 aliphatic heterocycles. The van der Waals surface area contributed by atoms with Gasteiger partial charge in [-0.1, -0.05) is 18.2 Å². The van der Waals surface area contributed by atoms with Crippen LogP contribution >= 0.6 is 11.3 Å². The third-order valence-electron chi connectivity index (χ3n) is 2.87. The van der Waals surface area contributed by atoms with E-state index in [1.165, 1.54) is 4.88 Å². The molecule has 0 saturated carbocycles. The molecule has 0 saturated heterocycles. The monoisotopic (exact) mass is 247 g/mol. The molecular formula is C14H17NOS. The molecule has 2 N–H and O–H groups in total. The van der Waals surface area contributed by atoms with Crippen molar-refractivity contribution in [2.75, 3.05) is 7.11 Å². The van der Waals surface area contributed by atoms with Gasteiger partial charge >= 0.3 is 0 Å². The minimum absolute atomic E-state index is 0.336. The van der Waals surface area contributed by atoms with Crippen LogP contribution in [0.15, 0.2) is 41.8 Å². The molecule has 2 aromatic rings. The quantitative estimate of drug-likeness (QED) is 0.900. The van der Waals surface area contributed by atoms with Crippen LogP contribution in [0.2, 0.25) is 0 Å². The normalized spacial score (nSPS) is 14.3. The highest BCUT2D eigenvalue weighted by molar-refractivity contribution is 7.09. The molecule has 2 rings (SSSR count). The lowest BCUT2D eigenvalue weighted by Crippen LogP contribution is -2.35. The van der Waals surface area contributed by atoms with Crippen LogP contribution in [0.3, 0.4) is 0 Å². The van der Waals surface area contributed by atoms with Crippen LogP contribution in [0.25, 0.3) is 0 Å². The van der Waals surface area contributed by atoms with Gasteiger partial charge in [0.1, 0.15) is 5.75 Å². The molecule has 1 atom stereocenters. The Morgan fingerprint density at radius 1 is 1.24 bits per heavy atom. The predicted molar refractivity (Wildman–Crippen MR) is 72.6 cm³/mol. The standard InChI is InChI=1S/C14H17NOS/c1-14(15,10-13-4-3-9-17-13)11-5-7-12(16-2)8-6-11/h3-9H,10,15H2,1-2H3. The van der Waals surface area contributed by atoms with Gasteiger partial charge in [-0.3, -0.25) is 0 Å². The van der Waals surface area contributed by atoms with E-state index in [2.05, 4.69) is 24.4 Å². The van der Waals surface area contributed by atoms with E-state index in [9.17, 15) is 0 Å². The van der Waals surface area contributed by atoms with E-state index in [0.717, 1.165) is 17.7 Å². The third kappa shape index (κ3) is 2.87. The second-order valence-electron chi connectivity index (χ2n) is 4.40. The van der Waals surface area contributed by atoms with Crippen LogP contribution in [0.4, 0.5) is 0 Å². The molecule has 1 unspecified atom stereocenters. The number of benzene rings is 1. The van der Waals surface area contributed by atoms with Crippen LogP contribution < -0.4 is 10.5 Å². The van der Waals surface area contributed by atoms with Gasteiger partial charge < -0.3 is 10.5 Å². The Kier molecular flexibility index (Phi) is 3.50. The smallest absolute Gasteiger partial charge is 0.118 e. The van der Waals surface area contributed by atoms with Crippen molar-refractivity contribution >= 4 is 11.3 Å². The van der Waals surface area contributed by atoms with Gasteiger partial charge in [0.25, 0.3) is 0 Å². The van der Waals surface area contributed by atoms with Crippen molar-refractivity contribution in [3.05, 3.63) is 52.2 Å². The molecule has 0 radical (unpaired) electrons. The van der Waals surface area contributed by atoms with Gasteiger partial charge in [-0.05, 0) is 36.1 Å². The average molecular weight is 247 g/mol. The summed E-state index contributed by atoms with van der Waals surface area (Å²) in [5.74, 6) is 0.862. The molecule has 0 amide bonds. The third-order valence-corrected chi connectivity index (χ3v) is 3.75. The van der Waals surface area contributed by atoms with Crippen molar-refractivity contribution in [3.8, 4) is 5.75 Å². The maximum atomic E-state index is 6.39. The fourth-order valence-corrected chi connectivity index (χ4v) is 2.72. The zero-order valence-electron chi connectivity index (χ0n) is 10.1. The second kappa shape index (κ2) is 4.90. The first-order valence-corrected chi connectivity index (χ1v) is 6.45. The SMILES string of the molecule is COc1ccc(C(C)(N)Cc2cccs2)cc1. The van der Waals surface area contributed by atoms with Crippen molar-refractivity contribution in [1.29, 1.82) is 0 Å². The Bertz CT molecular complexity index is 459. The van der Waals surface area contributed by atoms with Crippen molar-refractivity contribution in [2.45, 2.75) is 18.9 Å². The summed E-state index contributed by atoms with van der Waals surface area (Å²) in [6.07, 6.45) is 0.858. The second-order valence-corrected chi connectivity index (χ2v) is 5.43. The van der Waals surface area contributed by atoms with Crippen molar-refractivity contribution in [1.82, 2.24) is 0 Å². The van der Waals surface area contributed by atoms with Crippen LogP contribution in [0.5, 0.6) is 5.75 Å². The highest BCUT2D eigenvalue weighted by atomic mass is 32.1. The molecule has 0 aliphatic carbocycles. The van der Waals surface area contributed by atoms with Crippen molar-refractivity contribution < 1.29 is 4.74 Å². The van der Waals surface area contributed by atoms with Crippen LogP contribution in [0.1, 0.15) is 17.4 Å². The first-order chi connectivity index (χ1) is 8.12. The molecule has 0 aliphatic rings. The molecule has 90 valence electrons. The summed E-state index contributed by atoms with van der Waals surface area (Å²) in [4.78, 5) is 1.31. The van der Waals surface area contributed by atoms with Gasteiger partial charge in [0.15, 0.2) is 0 Å². The average Bonchev–Trinajstić information content (AvgIpc) is 2.81. The molecule has 1 heterocycles. The Morgan fingerprint density at radius 2 is 1.94 bits per heavy atom. The van der Waals surface area contributed by atoms with Gasteiger partial charge in [-0.2, -0.15) is 0 Å². The van der Waals surface area contributed by atoms with E-state index in [4.69, 9.17) is 10.5 Å². The summed E-state index contributed by atoms with van der Waals surface area (Å²) in [5, 5.41) is 2.08. The number of rotatable bonds is 4. The van der Waals surface area contributed by atoms with E-state index in [1.54, 1.807) is 18.4 Å². The van der Waals surface area contributed by atoms with Crippen molar-refractivity contribution in [3.63, 3.8) is 0 Å². The first kappa shape index (κ1) is 12.1. The Morgan fingerprint density at radius 3 is 2.47 bits per heavy atom. The minimum atomic E-state index is -0.336. The summed E-state index contributed by atoms with van der Waals surface area (Å²) in [6.45, 7) is 2.06. The maximum Gasteiger partial charge on any atom is 0.118 e. The Balaban J connectivity index is 2.18. The zero-order valence-corrected chi connectivity index (χ0v) is 11.0. The summed E-state index contributed by atoms with van der Waals surface area (Å²) >= 11 is 1.75. The fourth-order valence-electron chi connectivity index (χ4n) is 1.85. The van der Waals surface area contributed by atoms with Gasteiger partial charge in [0, 0.05) is 16.8 Å². The molecule has 0 fully saturated rings. The van der Waals surface area contributed by atoms with Crippen molar-refractivity contribution in [2.24, 2.45) is 5.73 Å². The molecule has 3 heteroatoms. The number of hydrogen-bond donors (Lipinski definition) is 1. The largest absolute Gasteiger partial charge is 0.497 e. The van der Waals surface area contributed by atoms with Crippen LogP contribution in [-0.2, 0) is 12.0 Å². The molecule has 1 aromatic carbocycles. The van der Waals surface area contributed by atoms with E-state index in [-0.39, 0.29) is 5.54 Å². The maximum absolute atomic E-state index is 6.39. The number of thiophene rings is 1. The molecule has 1 aromatic heterocycles.